The molecule has 0 aliphatic carbocycles. The molecule has 0 aliphatic rings. The van der Waals surface area contributed by atoms with E-state index in [1.165, 1.54) is 12.0 Å². The van der Waals surface area contributed by atoms with Gasteiger partial charge in [-0.1, -0.05) is 44.2 Å². The van der Waals surface area contributed by atoms with Crippen LogP contribution in [-0.2, 0) is 6.42 Å². The summed E-state index contributed by atoms with van der Waals surface area (Å²) in [7, 11) is 0. The molecular weight excluding hydrogens is 216 g/mol. The van der Waals surface area contributed by atoms with Crippen LogP contribution in [0.3, 0.4) is 0 Å². The molecule has 0 aromatic heterocycles. The van der Waals surface area contributed by atoms with Crippen LogP contribution >= 0.6 is 11.8 Å². The van der Waals surface area contributed by atoms with Crippen molar-refractivity contribution in [2.75, 3.05) is 5.75 Å². The van der Waals surface area contributed by atoms with Crippen LogP contribution in [-0.4, -0.2) is 22.2 Å². The first-order chi connectivity index (χ1) is 7.72. The first kappa shape index (κ1) is 13.6. The Kier molecular flexibility index (Phi) is 6.58. The number of hydrogen-bond acceptors (Lipinski definition) is 2. The van der Waals surface area contributed by atoms with E-state index in [2.05, 4.69) is 38.1 Å². The fourth-order valence-corrected chi connectivity index (χ4v) is 2.41. The third-order valence-corrected chi connectivity index (χ3v) is 4.24. The van der Waals surface area contributed by atoms with Gasteiger partial charge in [0.05, 0.1) is 6.10 Å². The predicted octanol–water partition coefficient (Wildman–Crippen LogP) is 3.51. The second-order valence-electron chi connectivity index (χ2n) is 4.23. The lowest BCUT2D eigenvalue weighted by Gasteiger charge is -2.13. The molecular formula is C14H22OS. The Labute approximate surface area is 103 Å². The highest BCUT2D eigenvalue weighted by Gasteiger charge is 2.07. The number of aryl methyl sites for hydroxylation is 1. The van der Waals surface area contributed by atoms with E-state index in [4.69, 9.17) is 0 Å². The number of thioether (sulfide) groups is 1. The van der Waals surface area contributed by atoms with Crippen LogP contribution in [0.2, 0.25) is 0 Å². The lowest BCUT2D eigenvalue weighted by Crippen LogP contribution is -2.13. The Morgan fingerprint density at radius 1 is 1.25 bits per heavy atom. The summed E-state index contributed by atoms with van der Waals surface area (Å²) in [5.41, 5.74) is 1.31. The van der Waals surface area contributed by atoms with Gasteiger partial charge in [-0.2, -0.15) is 11.8 Å². The molecule has 1 aromatic carbocycles. The molecule has 2 unspecified atom stereocenters. The van der Waals surface area contributed by atoms with Crippen molar-refractivity contribution in [2.45, 2.75) is 44.5 Å². The minimum atomic E-state index is -0.167. The molecule has 1 N–H and O–H groups in total. The standard InChI is InChI=1S/C14H22OS/c1-3-12(2)16-11-14(15)10-9-13-7-5-4-6-8-13/h4-8,12,14-15H,3,9-11H2,1-2H3. The summed E-state index contributed by atoms with van der Waals surface area (Å²) in [6, 6.07) is 10.4. The largest absolute Gasteiger partial charge is 0.392 e. The van der Waals surface area contributed by atoms with E-state index in [0.29, 0.717) is 5.25 Å². The second-order valence-corrected chi connectivity index (χ2v) is 5.70. The summed E-state index contributed by atoms with van der Waals surface area (Å²) in [5.74, 6) is 0.863. The van der Waals surface area contributed by atoms with Gasteiger partial charge in [-0.05, 0) is 24.8 Å². The fourth-order valence-electron chi connectivity index (χ4n) is 1.45. The van der Waals surface area contributed by atoms with Crippen molar-refractivity contribution in [3.63, 3.8) is 0 Å². The van der Waals surface area contributed by atoms with Crippen molar-refractivity contribution in [1.29, 1.82) is 0 Å². The van der Waals surface area contributed by atoms with E-state index in [1.54, 1.807) is 0 Å². The molecule has 0 radical (unpaired) electrons. The van der Waals surface area contributed by atoms with E-state index in [0.717, 1.165) is 18.6 Å². The highest BCUT2D eigenvalue weighted by molar-refractivity contribution is 7.99. The Bertz CT molecular complexity index is 273. The van der Waals surface area contributed by atoms with Crippen molar-refractivity contribution in [2.24, 2.45) is 0 Å². The van der Waals surface area contributed by atoms with Gasteiger partial charge < -0.3 is 5.11 Å². The summed E-state index contributed by atoms with van der Waals surface area (Å²) in [6.07, 6.45) is 2.85. The van der Waals surface area contributed by atoms with Gasteiger partial charge in [-0.3, -0.25) is 0 Å². The SMILES string of the molecule is CCC(C)SCC(O)CCc1ccccc1. The van der Waals surface area contributed by atoms with Gasteiger partial charge >= 0.3 is 0 Å². The summed E-state index contributed by atoms with van der Waals surface area (Å²) >= 11 is 1.87. The van der Waals surface area contributed by atoms with Crippen LogP contribution in [0.1, 0.15) is 32.3 Å². The van der Waals surface area contributed by atoms with Crippen molar-refractivity contribution < 1.29 is 5.11 Å². The van der Waals surface area contributed by atoms with Gasteiger partial charge in [-0.25, -0.2) is 0 Å². The van der Waals surface area contributed by atoms with Gasteiger partial charge in [0.1, 0.15) is 0 Å². The molecule has 0 fully saturated rings. The van der Waals surface area contributed by atoms with E-state index >= 15 is 0 Å². The van der Waals surface area contributed by atoms with Crippen LogP contribution in [0.15, 0.2) is 30.3 Å². The molecule has 1 nitrogen and oxygen atoms in total. The van der Waals surface area contributed by atoms with Crippen molar-refractivity contribution >= 4 is 11.8 Å². The average Bonchev–Trinajstić information content (AvgIpc) is 2.34. The maximum atomic E-state index is 9.83. The normalized spacial score (nSPS) is 14.7. The van der Waals surface area contributed by atoms with Crippen molar-refractivity contribution in [3.05, 3.63) is 35.9 Å². The van der Waals surface area contributed by atoms with E-state index in [1.807, 2.05) is 17.8 Å². The number of aliphatic hydroxyl groups is 1. The number of rotatable bonds is 7. The summed E-state index contributed by atoms with van der Waals surface area (Å²) in [4.78, 5) is 0. The first-order valence-corrected chi connectivity index (χ1v) is 7.10. The summed E-state index contributed by atoms with van der Waals surface area (Å²) in [6.45, 7) is 4.41. The Balaban J connectivity index is 2.18. The molecule has 2 heteroatoms. The highest BCUT2D eigenvalue weighted by Crippen LogP contribution is 2.16. The van der Waals surface area contributed by atoms with E-state index in [9.17, 15) is 5.11 Å². The zero-order valence-corrected chi connectivity index (χ0v) is 11.0. The van der Waals surface area contributed by atoms with E-state index in [-0.39, 0.29) is 6.10 Å². The quantitative estimate of drug-likeness (QED) is 0.784. The molecule has 16 heavy (non-hydrogen) atoms. The molecule has 90 valence electrons. The van der Waals surface area contributed by atoms with E-state index < -0.39 is 0 Å². The molecule has 0 saturated heterocycles. The van der Waals surface area contributed by atoms with Crippen LogP contribution in [0.5, 0.6) is 0 Å². The monoisotopic (exact) mass is 238 g/mol. The number of aliphatic hydroxyl groups excluding tert-OH is 1. The third-order valence-electron chi connectivity index (χ3n) is 2.76. The van der Waals surface area contributed by atoms with Gasteiger partial charge in [-0.15, -0.1) is 0 Å². The molecule has 0 spiro atoms. The van der Waals surface area contributed by atoms with Crippen molar-refractivity contribution in [3.8, 4) is 0 Å². The molecule has 0 saturated carbocycles. The van der Waals surface area contributed by atoms with Crippen LogP contribution in [0, 0.1) is 0 Å². The average molecular weight is 238 g/mol. The van der Waals surface area contributed by atoms with Crippen molar-refractivity contribution in [1.82, 2.24) is 0 Å². The minimum Gasteiger partial charge on any atom is -0.392 e. The Morgan fingerprint density at radius 2 is 1.94 bits per heavy atom. The molecule has 0 aliphatic heterocycles. The molecule has 1 rings (SSSR count). The lowest BCUT2D eigenvalue weighted by atomic mass is 10.1. The maximum Gasteiger partial charge on any atom is 0.0633 e. The molecule has 0 heterocycles. The Morgan fingerprint density at radius 3 is 2.56 bits per heavy atom. The predicted molar refractivity (Wildman–Crippen MR) is 73.0 cm³/mol. The van der Waals surface area contributed by atoms with Crippen LogP contribution in [0.4, 0.5) is 0 Å². The fraction of sp³-hybridized carbons (Fsp3) is 0.571. The third kappa shape index (κ3) is 5.57. The lowest BCUT2D eigenvalue weighted by molar-refractivity contribution is 0.189. The first-order valence-electron chi connectivity index (χ1n) is 6.06. The zero-order valence-electron chi connectivity index (χ0n) is 10.2. The summed E-state index contributed by atoms with van der Waals surface area (Å²) < 4.78 is 0. The van der Waals surface area contributed by atoms with Gasteiger partial charge in [0.25, 0.3) is 0 Å². The van der Waals surface area contributed by atoms with Gasteiger partial charge in [0.2, 0.25) is 0 Å². The minimum absolute atomic E-state index is 0.167. The highest BCUT2D eigenvalue weighted by atomic mass is 32.2. The Hall–Kier alpha value is -0.470. The smallest absolute Gasteiger partial charge is 0.0633 e. The van der Waals surface area contributed by atoms with Crippen LogP contribution in [0.25, 0.3) is 0 Å². The van der Waals surface area contributed by atoms with Gasteiger partial charge in [0, 0.05) is 11.0 Å². The topological polar surface area (TPSA) is 20.2 Å². The molecule has 0 amide bonds. The van der Waals surface area contributed by atoms with Gasteiger partial charge in [0.15, 0.2) is 0 Å². The number of hydrogen-bond donors (Lipinski definition) is 1. The maximum absolute atomic E-state index is 9.83. The second kappa shape index (κ2) is 7.75. The summed E-state index contributed by atoms with van der Waals surface area (Å²) in [5, 5.41) is 10.5. The van der Waals surface area contributed by atoms with Crippen LogP contribution < -0.4 is 0 Å². The molecule has 0 bridgehead atoms. The number of benzene rings is 1. The molecule has 1 aromatic rings. The molecule has 2 atom stereocenters. The zero-order chi connectivity index (χ0) is 11.8.